The lowest BCUT2D eigenvalue weighted by molar-refractivity contribution is 0.155. The molecule has 0 aliphatic rings. The van der Waals surface area contributed by atoms with Crippen LogP contribution in [0.25, 0.3) is 0 Å². The van der Waals surface area contributed by atoms with E-state index in [0.717, 1.165) is 27.8 Å². The summed E-state index contributed by atoms with van der Waals surface area (Å²) in [5, 5.41) is 32.4. The molecule has 0 saturated carbocycles. The summed E-state index contributed by atoms with van der Waals surface area (Å²) in [6, 6.07) is 7.59. The number of phenols is 2. The van der Waals surface area contributed by atoms with Gasteiger partial charge in [-0.3, -0.25) is 0 Å². The number of hydrogen-bond donors (Lipinski definition) is 3. The molecule has 0 aromatic heterocycles. The van der Waals surface area contributed by atoms with Crippen molar-refractivity contribution in [3.05, 3.63) is 64.6 Å². The molecular formula is C26H37O3. The van der Waals surface area contributed by atoms with Gasteiger partial charge in [-0.05, 0) is 66.0 Å². The number of aromatic hydroxyl groups is 2. The minimum atomic E-state index is -0.848. The normalized spacial score (nSPS) is 14.7. The van der Waals surface area contributed by atoms with Crippen LogP contribution in [-0.2, 0) is 17.3 Å². The molecule has 0 fully saturated rings. The molecule has 1 radical (unpaired) electrons. The average molecular weight is 398 g/mol. The Morgan fingerprint density at radius 1 is 0.793 bits per heavy atom. The van der Waals surface area contributed by atoms with Crippen molar-refractivity contribution >= 4 is 0 Å². The fraction of sp³-hybridized carbons (Fsp3) is 0.500. The van der Waals surface area contributed by atoms with E-state index in [1.54, 1.807) is 12.1 Å². The van der Waals surface area contributed by atoms with Crippen LogP contribution >= 0.6 is 0 Å². The van der Waals surface area contributed by atoms with Gasteiger partial charge in [0.25, 0.3) is 0 Å². The summed E-state index contributed by atoms with van der Waals surface area (Å²) in [7, 11) is 0. The standard InChI is InChI=1S/C26H37O3/c1-15-10-19(25(4,5)6)18(22(28)12-15)14-21(27)17(3)24-20(26(7,8)9)11-16(2)13-23(24)29/h10-13,17,21,27-29H,3,14H2,1-2,4-9H3. The molecule has 0 amide bonds. The van der Waals surface area contributed by atoms with E-state index >= 15 is 0 Å². The Morgan fingerprint density at radius 2 is 1.24 bits per heavy atom. The van der Waals surface area contributed by atoms with Gasteiger partial charge >= 0.3 is 0 Å². The number of rotatable bonds is 4. The van der Waals surface area contributed by atoms with E-state index in [4.69, 9.17) is 0 Å². The van der Waals surface area contributed by atoms with Crippen molar-refractivity contribution < 1.29 is 15.3 Å². The Balaban J connectivity index is 2.50. The molecule has 2 aromatic rings. The minimum absolute atomic E-state index is 0.165. The molecule has 0 bridgehead atoms. The molecule has 29 heavy (non-hydrogen) atoms. The van der Waals surface area contributed by atoms with Crippen LogP contribution in [0.4, 0.5) is 0 Å². The van der Waals surface area contributed by atoms with Crippen molar-refractivity contribution in [2.45, 2.75) is 84.7 Å². The number of aliphatic hydroxyl groups excluding tert-OH is 1. The average Bonchev–Trinajstić information content (AvgIpc) is 2.53. The zero-order valence-corrected chi connectivity index (χ0v) is 19.2. The van der Waals surface area contributed by atoms with Crippen molar-refractivity contribution in [3.63, 3.8) is 0 Å². The molecule has 2 unspecified atom stereocenters. The zero-order chi connectivity index (χ0) is 22.3. The third-order valence-corrected chi connectivity index (χ3v) is 5.54. The van der Waals surface area contributed by atoms with Crippen molar-refractivity contribution in [3.8, 4) is 11.5 Å². The van der Waals surface area contributed by atoms with E-state index < -0.39 is 12.0 Å². The molecule has 159 valence electrons. The summed E-state index contributed by atoms with van der Waals surface area (Å²) in [5.41, 5.74) is 5.03. The lowest BCUT2D eigenvalue weighted by atomic mass is 9.76. The quantitative estimate of drug-likeness (QED) is 0.608. The van der Waals surface area contributed by atoms with Crippen molar-refractivity contribution in [2.24, 2.45) is 0 Å². The Hall–Kier alpha value is -2.00. The Bertz CT molecular complexity index is 882. The smallest absolute Gasteiger partial charge is 0.119 e. The van der Waals surface area contributed by atoms with E-state index in [-0.39, 0.29) is 28.7 Å². The van der Waals surface area contributed by atoms with Crippen molar-refractivity contribution in [1.82, 2.24) is 0 Å². The lowest BCUT2D eigenvalue weighted by Crippen LogP contribution is -2.25. The van der Waals surface area contributed by atoms with Gasteiger partial charge in [0.15, 0.2) is 0 Å². The highest BCUT2D eigenvalue weighted by atomic mass is 16.3. The summed E-state index contributed by atoms with van der Waals surface area (Å²) in [5.74, 6) is -0.165. The van der Waals surface area contributed by atoms with Gasteiger partial charge in [0.1, 0.15) is 11.5 Å². The minimum Gasteiger partial charge on any atom is -0.508 e. The maximum atomic E-state index is 11.1. The molecule has 0 spiro atoms. The summed E-state index contributed by atoms with van der Waals surface area (Å²) in [4.78, 5) is 0. The predicted molar refractivity (Wildman–Crippen MR) is 121 cm³/mol. The largest absolute Gasteiger partial charge is 0.508 e. The van der Waals surface area contributed by atoms with E-state index in [1.807, 2.05) is 13.8 Å². The van der Waals surface area contributed by atoms with Crippen LogP contribution in [0, 0.1) is 20.8 Å². The van der Waals surface area contributed by atoms with Crippen molar-refractivity contribution in [2.75, 3.05) is 0 Å². The van der Waals surface area contributed by atoms with Crippen LogP contribution in [-0.4, -0.2) is 21.4 Å². The van der Waals surface area contributed by atoms with Gasteiger partial charge < -0.3 is 15.3 Å². The van der Waals surface area contributed by atoms with Gasteiger partial charge in [0.2, 0.25) is 0 Å². The molecule has 2 atom stereocenters. The highest BCUT2D eigenvalue weighted by Gasteiger charge is 2.30. The maximum absolute atomic E-state index is 11.1. The number of benzene rings is 2. The number of phenolic OH excluding ortho intramolecular Hbond substituents is 2. The molecule has 2 aromatic carbocycles. The fourth-order valence-corrected chi connectivity index (χ4v) is 4.01. The second-order valence-electron chi connectivity index (χ2n) is 10.4. The maximum Gasteiger partial charge on any atom is 0.119 e. The van der Waals surface area contributed by atoms with Gasteiger partial charge in [0.05, 0.1) is 6.10 Å². The summed E-state index contributed by atoms with van der Waals surface area (Å²) in [6.45, 7) is 20.7. The molecule has 0 aliphatic carbocycles. The van der Waals surface area contributed by atoms with Crippen LogP contribution in [0.3, 0.4) is 0 Å². The van der Waals surface area contributed by atoms with Crippen LogP contribution in [0.5, 0.6) is 11.5 Å². The number of aryl methyl sites for hydroxylation is 2. The van der Waals surface area contributed by atoms with Crippen LogP contribution < -0.4 is 0 Å². The summed E-state index contributed by atoms with van der Waals surface area (Å²) in [6.07, 6.45) is -0.580. The monoisotopic (exact) mass is 397 g/mol. The van der Waals surface area contributed by atoms with Gasteiger partial charge in [-0.15, -0.1) is 0 Å². The highest BCUT2D eigenvalue weighted by molar-refractivity contribution is 5.50. The molecule has 0 heterocycles. The first-order valence-corrected chi connectivity index (χ1v) is 10.3. The van der Waals surface area contributed by atoms with E-state index in [0.29, 0.717) is 5.56 Å². The first kappa shape index (κ1) is 23.3. The Morgan fingerprint density at radius 3 is 1.72 bits per heavy atom. The Labute approximate surface area is 176 Å². The fourth-order valence-electron chi connectivity index (χ4n) is 4.01. The number of hydrogen-bond acceptors (Lipinski definition) is 3. The van der Waals surface area contributed by atoms with Crippen LogP contribution in [0.15, 0.2) is 24.3 Å². The molecule has 2 rings (SSSR count). The topological polar surface area (TPSA) is 60.7 Å². The second kappa shape index (κ2) is 8.02. The van der Waals surface area contributed by atoms with Crippen LogP contribution in [0.2, 0.25) is 0 Å². The van der Waals surface area contributed by atoms with Gasteiger partial charge in [-0.25, -0.2) is 0 Å². The van der Waals surface area contributed by atoms with Gasteiger partial charge in [-0.2, -0.15) is 0 Å². The first-order chi connectivity index (χ1) is 13.1. The van der Waals surface area contributed by atoms with E-state index in [2.05, 4.69) is 60.6 Å². The van der Waals surface area contributed by atoms with Crippen LogP contribution in [0.1, 0.15) is 80.8 Å². The molecule has 3 nitrogen and oxygen atoms in total. The van der Waals surface area contributed by atoms with E-state index in [1.165, 1.54) is 0 Å². The van der Waals surface area contributed by atoms with Gasteiger partial charge in [0, 0.05) is 23.5 Å². The molecular weight excluding hydrogens is 360 g/mol. The molecule has 0 saturated heterocycles. The predicted octanol–water partition coefficient (Wildman–Crippen LogP) is 5.83. The molecule has 0 aliphatic heterocycles. The molecule has 3 heteroatoms. The Kier molecular flexibility index (Phi) is 6.44. The SMILES string of the molecule is [CH2]C(c1c(O)cc(C)cc1C(C)(C)C)C(O)Cc1c(O)cc(C)cc1C(C)(C)C. The third kappa shape index (κ3) is 5.14. The van der Waals surface area contributed by atoms with Gasteiger partial charge in [-0.1, -0.05) is 53.7 Å². The summed E-state index contributed by atoms with van der Waals surface area (Å²) >= 11 is 0. The third-order valence-electron chi connectivity index (χ3n) is 5.54. The zero-order valence-electron chi connectivity index (χ0n) is 19.2. The highest BCUT2D eigenvalue weighted by Crippen LogP contribution is 2.40. The first-order valence-electron chi connectivity index (χ1n) is 10.3. The van der Waals surface area contributed by atoms with E-state index in [9.17, 15) is 15.3 Å². The van der Waals surface area contributed by atoms with Crippen molar-refractivity contribution in [1.29, 1.82) is 0 Å². The second-order valence-corrected chi connectivity index (χ2v) is 10.4. The lowest BCUT2D eigenvalue weighted by Gasteiger charge is -2.31. The molecule has 3 N–H and O–H groups in total. The number of aliphatic hydroxyl groups is 1. The summed E-state index contributed by atoms with van der Waals surface area (Å²) < 4.78 is 0.